The number of hydrogen-bond acceptors (Lipinski definition) is 4. The van der Waals surface area contributed by atoms with Crippen LogP contribution < -0.4 is 9.64 Å². The number of rotatable bonds is 5. The van der Waals surface area contributed by atoms with Gasteiger partial charge in [0.05, 0.1) is 12.8 Å². The summed E-state index contributed by atoms with van der Waals surface area (Å²) >= 11 is 0. The molecule has 4 rings (SSSR count). The lowest BCUT2D eigenvalue weighted by molar-refractivity contribution is -0.121. The monoisotopic (exact) mass is 455 g/mol. The van der Waals surface area contributed by atoms with Gasteiger partial charge in [-0.15, -0.1) is 0 Å². The number of anilines is 1. The Labute approximate surface area is 200 Å². The van der Waals surface area contributed by atoms with Gasteiger partial charge in [-0.1, -0.05) is 72.8 Å². The first-order chi connectivity index (χ1) is 16.3. The van der Waals surface area contributed by atoms with E-state index in [4.69, 9.17) is 9.47 Å². The highest BCUT2D eigenvalue weighted by molar-refractivity contribution is 6.22. The fourth-order valence-corrected chi connectivity index (χ4v) is 4.34. The topological polar surface area (TPSA) is 55.8 Å². The number of methoxy groups -OCH3 is 1. The van der Waals surface area contributed by atoms with E-state index in [-0.39, 0.29) is 5.91 Å². The van der Waals surface area contributed by atoms with E-state index in [1.807, 2.05) is 84.9 Å². The lowest BCUT2D eigenvalue weighted by Crippen LogP contribution is -2.45. The van der Waals surface area contributed by atoms with Crippen LogP contribution in [0, 0.1) is 0 Å². The second kappa shape index (κ2) is 9.18. The molecule has 0 aromatic heterocycles. The number of para-hydroxylation sites is 1. The Bertz CT molecular complexity index is 1210. The van der Waals surface area contributed by atoms with Crippen molar-refractivity contribution in [2.24, 2.45) is 0 Å². The van der Waals surface area contributed by atoms with Crippen LogP contribution in [0.1, 0.15) is 43.9 Å². The van der Waals surface area contributed by atoms with E-state index < -0.39 is 17.1 Å². The number of carbonyl (C=O) groups excluding carboxylic acids is 2. The van der Waals surface area contributed by atoms with Crippen LogP contribution in [-0.4, -0.2) is 24.7 Å². The summed E-state index contributed by atoms with van der Waals surface area (Å²) < 4.78 is 10.8. The van der Waals surface area contributed by atoms with Crippen LogP contribution in [0.4, 0.5) is 10.5 Å². The molecule has 34 heavy (non-hydrogen) atoms. The molecule has 0 radical (unpaired) electrons. The molecule has 1 atom stereocenters. The normalized spacial score (nSPS) is 17.6. The molecule has 3 aromatic carbocycles. The van der Waals surface area contributed by atoms with Gasteiger partial charge in [-0.05, 0) is 62.1 Å². The quantitative estimate of drug-likeness (QED) is 0.449. The molecule has 2 amide bonds. The number of amides is 2. The van der Waals surface area contributed by atoms with Crippen molar-refractivity contribution in [3.63, 3.8) is 0 Å². The van der Waals surface area contributed by atoms with Crippen LogP contribution in [0.15, 0.2) is 84.9 Å². The first-order valence-corrected chi connectivity index (χ1v) is 11.3. The number of carbonyl (C=O) groups is 2. The summed E-state index contributed by atoms with van der Waals surface area (Å²) in [5, 5.41) is 0. The summed E-state index contributed by atoms with van der Waals surface area (Å²) in [5.41, 5.74) is 1.40. The number of allylic oxidation sites excluding steroid dienone is 1. The SMILES string of the molecule is COc1ccc(/C=C\CC2(c3ccccc3)C(=O)N(C(=O)OC(C)(C)C)c3ccccc32)cc1. The molecule has 0 aliphatic carbocycles. The van der Waals surface area contributed by atoms with Gasteiger partial charge < -0.3 is 9.47 Å². The number of benzene rings is 3. The van der Waals surface area contributed by atoms with Gasteiger partial charge in [0.1, 0.15) is 16.8 Å². The molecule has 1 aliphatic heterocycles. The predicted molar refractivity (Wildman–Crippen MR) is 134 cm³/mol. The van der Waals surface area contributed by atoms with Gasteiger partial charge in [0.25, 0.3) is 5.91 Å². The molecule has 5 nitrogen and oxygen atoms in total. The van der Waals surface area contributed by atoms with Crippen LogP contribution in [-0.2, 0) is 14.9 Å². The zero-order chi connectivity index (χ0) is 24.3. The van der Waals surface area contributed by atoms with E-state index in [1.54, 1.807) is 33.9 Å². The van der Waals surface area contributed by atoms with Crippen molar-refractivity contribution in [1.29, 1.82) is 0 Å². The van der Waals surface area contributed by atoms with Crippen molar-refractivity contribution in [1.82, 2.24) is 0 Å². The van der Waals surface area contributed by atoms with E-state index >= 15 is 0 Å². The van der Waals surface area contributed by atoms with Crippen LogP contribution in [0.5, 0.6) is 5.75 Å². The highest BCUT2D eigenvalue weighted by Crippen LogP contribution is 2.49. The van der Waals surface area contributed by atoms with Crippen LogP contribution in [0.3, 0.4) is 0 Å². The van der Waals surface area contributed by atoms with E-state index in [0.29, 0.717) is 12.1 Å². The Balaban J connectivity index is 1.79. The van der Waals surface area contributed by atoms with Gasteiger partial charge in [-0.3, -0.25) is 4.79 Å². The molecule has 0 bridgehead atoms. The van der Waals surface area contributed by atoms with Crippen molar-refractivity contribution < 1.29 is 19.1 Å². The molecule has 0 fully saturated rings. The highest BCUT2D eigenvalue weighted by atomic mass is 16.6. The molecule has 1 unspecified atom stereocenters. The molecule has 1 heterocycles. The number of nitrogens with zero attached hydrogens (tertiary/aromatic N) is 1. The minimum atomic E-state index is -1.04. The largest absolute Gasteiger partial charge is 0.497 e. The number of imide groups is 1. The Morgan fingerprint density at radius 1 is 0.941 bits per heavy atom. The third kappa shape index (κ3) is 4.34. The Morgan fingerprint density at radius 3 is 2.24 bits per heavy atom. The Morgan fingerprint density at radius 2 is 1.59 bits per heavy atom. The van der Waals surface area contributed by atoms with Crippen LogP contribution >= 0.6 is 0 Å². The van der Waals surface area contributed by atoms with E-state index in [2.05, 4.69) is 0 Å². The molecule has 5 heteroatoms. The number of fused-ring (bicyclic) bond motifs is 1. The lowest BCUT2D eigenvalue weighted by atomic mass is 9.72. The molecule has 1 aliphatic rings. The fourth-order valence-electron chi connectivity index (χ4n) is 4.34. The van der Waals surface area contributed by atoms with Crippen molar-refractivity contribution in [3.05, 3.63) is 102 Å². The first kappa shape index (κ1) is 23.3. The van der Waals surface area contributed by atoms with Gasteiger partial charge in [0, 0.05) is 0 Å². The smallest absolute Gasteiger partial charge is 0.421 e. The fraction of sp³-hybridized carbons (Fsp3) is 0.241. The molecule has 3 aromatic rings. The van der Waals surface area contributed by atoms with Gasteiger partial charge in [0.2, 0.25) is 0 Å². The third-order valence-corrected chi connectivity index (χ3v) is 5.87. The average Bonchev–Trinajstić information content (AvgIpc) is 3.08. The van der Waals surface area contributed by atoms with Crippen molar-refractivity contribution >= 4 is 23.8 Å². The molecule has 174 valence electrons. The standard InChI is InChI=1S/C29H29NO4/c1-28(2,3)34-27(32)30-25-15-9-8-14-24(25)29(26(30)31,22-12-6-5-7-13-22)20-10-11-21-16-18-23(33-4)19-17-21/h5-19H,20H2,1-4H3/b11-10-. The maximum absolute atomic E-state index is 14.1. The van der Waals surface area contributed by atoms with Crippen LogP contribution in [0.25, 0.3) is 6.08 Å². The summed E-state index contributed by atoms with van der Waals surface area (Å²) in [6.45, 7) is 5.37. The van der Waals surface area contributed by atoms with Gasteiger partial charge in [-0.2, -0.15) is 0 Å². The van der Waals surface area contributed by atoms with E-state index in [9.17, 15) is 9.59 Å². The number of ether oxygens (including phenoxy) is 2. The van der Waals surface area contributed by atoms with E-state index in [0.717, 1.165) is 22.4 Å². The highest BCUT2D eigenvalue weighted by Gasteiger charge is 2.54. The first-order valence-electron chi connectivity index (χ1n) is 11.3. The summed E-state index contributed by atoms with van der Waals surface area (Å²) in [7, 11) is 1.63. The molecule has 0 spiro atoms. The summed E-state index contributed by atoms with van der Waals surface area (Å²) in [4.78, 5) is 28.5. The molecule has 0 saturated carbocycles. The van der Waals surface area contributed by atoms with Crippen molar-refractivity contribution in [2.45, 2.75) is 38.2 Å². The average molecular weight is 456 g/mol. The second-order valence-corrected chi connectivity index (χ2v) is 9.29. The maximum Gasteiger partial charge on any atom is 0.421 e. The minimum absolute atomic E-state index is 0.312. The second-order valence-electron chi connectivity index (χ2n) is 9.29. The van der Waals surface area contributed by atoms with Gasteiger partial charge in [0.15, 0.2) is 0 Å². The van der Waals surface area contributed by atoms with Crippen molar-refractivity contribution in [2.75, 3.05) is 12.0 Å². The summed E-state index contributed by atoms with van der Waals surface area (Å²) in [5.74, 6) is 0.472. The molecular formula is C29H29NO4. The molecular weight excluding hydrogens is 426 g/mol. The van der Waals surface area contributed by atoms with E-state index in [1.165, 1.54) is 4.90 Å². The minimum Gasteiger partial charge on any atom is -0.497 e. The molecule has 0 N–H and O–H groups in total. The van der Waals surface area contributed by atoms with Gasteiger partial charge in [-0.25, -0.2) is 9.69 Å². The predicted octanol–water partition coefficient (Wildman–Crippen LogP) is 6.37. The number of hydrogen-bond donors (Lipinski definition) is 0. The summed E-state index contributed by atoms with van der Waals surface area (Å²) in [6, 6.07) is 24.8. The van der Waals surface area contributed by atoms with Crippen LogP contribution in [0.2, 0.25) is 0 Å². The van der Waals surface area contributed by atoms with Crippen molar-refractivity contribution in [3.8, 4) is 5.75 Å². The third-order valence-electron chi connectivity index (χ3n) is 5.87. The lowest BCUT2D eigenvalue weighted by Gasteiger charge is -2.29. The molecule has 0 saturated heterocycles. The zero-order valence-electron chi connectivity index (χ0n) is 19.9. The Kier molecular flexibility index (Phi) is 6.29. The van der Waals surface area contributed by atoms with Gasteiger partial charge >= 0.3 is 6.09 Å². The summed E-state index contributed by atoms with van der Waals surface area (Å²) in [6.07, 6.45) is 3.69. The maximum atomic E-state index is 14.1. The Hall–Kier alpha value is -3.86. The zero-order valence-corrected chi connectivity index (χ0v) is 19.9.